The standard InChI is InChI=1S/C22H28N4O3/c1-5-17-14(2)23-20-11-18(24-26(20)22(17)27)15-9-10-25(12-15)13-16-7-6-8-19(28-3)21(16)29-4/h6-8,11,15,24H,5,9-10,12-13H2,1-4H3/t15-/m0/s1. The van der Waals surface area contributed by atoms with E-state index in [0.29, 0.717) is 18.0 Å². The van der Waals surface area contributed by atoms with E-state index in [-0.39, 0.29) is 5.56 Å². The summed E-state index contributed by atoms with van der Waals surface area (Å²) in [6.45, 7) is 6.60. The lowest BCUT2D eigenvalue weighted by atomic mass is 10.1. The molecule has 0 unspecified atom stereocenters. The first-order chi connectivity index (χ1) is 14.0. The number of rotatable bonds is 6. The van der Waals surface area contributed by atoms with Gasteiger partial charge in [-0.1, -0.05) is 19.1 Å². The molecule has 7 heteroatoms. The average Bonchev–Trinajstić information content (AvgIpc) is 3.35. The Hall–Kier alpha value is -2.80. The van der Waals surface area contributed by atoms with Crippen molar-refractivity contribution in [2.24, 2.45) is 0 Å². The van der Waals surface area contributed by atoms with Gasteiger partial charge in [-0.05, 0) is 32.4 Å². The highest BCUT2D eigenvalue weighted by atomic mass is 16.5. The Kier molecular flexibility index (Phi) is 5.32. The van der Waals surface area contributed by atoms with Crippen molar-refractivity contribution in [3.8, 4) is 11.5 Å². The van der Waals surface area contributed by atoms with Gasteiger partial charge in [0, 0.05) is 47.6 Å². The van der Waals surface area contributed by atoms with Gasteiger partial charge in [0.25, 0.3) is 5.56 Å². The van der Waals surface area contributed by atoms with Gasteiger partial charge in [-0.25, -0.2) is 9.50 Å². The molecule has 3 heterocycles. The van der Waals surface area contributed by atoms with Crippen molar-refractivity contribution in [2.45, 2.75) is 39.2 Å². The number of nitrogens with one attached hydrogen (secondary N) is 1. The van der Waals surface area contributed by atoms with Gasteiger partial charge in [0.2, 0.25) is 0 Å². The predicted octanol–water partition coefficient (Wildman–Crippen LogP) is 2.90. The number of aromatic nitrogens is 3. The van der Waals surface area contributed by atoms with Crippen LogP contribution in [-0.2, 0) is 13.0 Å². The largest absolute Gasteiger partial charge is 0.493 e. The van der Waals surface area contributed by atoms with Gasteiger partial charge >= 0.3 is 0 Å². The fourth-order valence-corrected chi connectivity index (χ4v) is 4.35. The molecule has 154 valence electrons. The molecule has 4 rings (SSSR count). The van der Waals surface area contributed by atoms with Crippen LogP contribution in [0.2, 0.25) is 0 Å². The van der Waals surface area contributed by atoms with E-state index in [0.717, 1.165) is 60.1 Å². The molecule has 1 aromatic carbocycles. The number of aromatic amines is 1. The predicted molar refractivity (Wildman–Crippen MR) is 112 cm³/mol. The van der Waals surface area contributed by atoms with Crippen LogP contribution in [0.5, 0.6) is 11.5 Å². The number of benzene rings is 1. The summed E-state index contributed by atoms with van der Waals surface area (Å²) in [7, 11) is 3.33. The molecule has 0 aliphatic carbocycles. The third-order valence-electron chi connectivity index (χ3n) is 5.88. The van der Waals surface area contributed by atoms with Crippen molar-refractivity contribution in [1.29, 1.82) is 0 Å². The Bertz CT molecular complexity index is 1090. The Morgan fingerprint density at radius 2 is 2.10 bits per heavy atom. The lowest BCUT2D eigenvalue weighted by Crippen LogP contribution is -2.22. The molecule has 1 saturated heterocycles. The molecule has 0 saturated carbocycles. The molecular formula is C22H28N4O3. The van der Waals surface area contributed by atoms with E-state index in [1.54, 1.807) is 18.7 Å². The lowest BCUT2D eigenvalue weighted by molar-refractivity contribution is 0.308. The fourth-order valence-electron chi connectivity index (χ4n) is 4.35. The number of hydrogen-bond donors (Lipinski definition) is 1. The van der Waals surface area contributed by atoms with E-state index in [4.69, 9.17) is 9.47 Å². The Morgan fingerprint density at radius 3 is 2.83 bits per heavy atom. The molecule has 1 aliphatic rings. The summed E-state index contributed by atoms with van der Waals surface area (Å²) in [6, 6.07) is 8.01. The van der Waals surface area contributed by atoms with Gasteiger partial charge in [0.15, 0.2) is 17.1 Å². The van der Waals surface area contributed by atoms with Crippen molar-refractivity contribution in [3.05, 3.63) is 57.1 Å². The number of aryl methyl sites for hydroxylation is 1. The molecule has 3 aromatic rings. The van der Waals surface area contributed by atoms with Gasteiger partial charge in [0.05, 0.1) is 14.2 Å². The minimum atomic E-state index is 0.0113. The molecule has 0 radical (unpaired) electrons. The number of hydrogen-bond acceptors (Lipinski definition) is 5. The molecule has 1 fully saturated rings. The second-order valence-corrected chi connectivity index (χ2v) is 7.61. The molecule has 0 bridgehead atoms. The molecule has 1 atom stereocenters. The Morgan fingerprint density at radius 1 is 1.28 bits per heavy atom. The molecule has 29 heavy (non-hydrogen) atoms. The summed E-state index contributed by atoms with van der Waals surface area (Å²) >= 11 is 0. The highest BCUT2D eigenvalue weighted by Crippen LogP contribution is 2.34. The molecule has 0 amide bonds. The van der Waals surface area contributed by atoms with Crippen molar-refractivity contribution in [2.75, 3.05) is 27.3 Å². The van der Waals surface area contributed by atoms with E-state index in [9.17, 15) is 4.79 Å². The smallest absolute Gasteiger partial charge is 0.276 e. The van der Waals surface area contributed by atoms with Gasteiger partial charge in [-0.2, -0.15) is 0 Å². The summed E-state index contributed by atoms with van der Waals surface area (Å²) in [6.07, 6.45) is 1.72. The quantitative estimate of drug-likeness (QED) is 0.694. The summed E-state index contributed by atoms with van der Waals surface area (Å²) in [5.74, 6) is 1.89. The lowest BCUT2D eigenvalue weighted by Gasteiger charge is -2.19. The van der Waals surface area contributed by atoms with Crippen LogP contribution in [0.25, 0.3) is 5.65 Å². The topological polar surface area (TPSA) is 71.9 Å². The van der Waals surface area contributed by atoms with E-state index in [1.807, 2.05) is 32.0 Å². The highest BCUT2D eigenvalue weighted by Gasteiger charge is 2.27. The normalized spacial score (nSPS) is 17.2. The maximum absolute atomic E-state index is 12.7. The first kappa shape index (κ1) is 19.5. The fraction of sp³-hybridized carbons (Fsp3) is 0.455. The second-order valence-electron chi connectivity index (χ2n) is 7.61. The molecule has 0 spiro atoms. The van der Waals surface area contributed by atoms with E-state index < -0.39 is 0 Å². The number of likely N-dealkylation sites (tertiary alicyclic amines) is 1. The monoisotopic (exact) mass is 396 g/mol. The zero-order valence-corrected chi connectivity index (χ0v) is 17.5. The van der Waals surface area contributed by atoms with Gasteiger partial charge < -0.3 is 9.47 Å². The van der Waals surface area contributed by atoms with Gasteiger partial charge in [0.1, 0.15) is 0 Å². The maximum atomic E-state index is 12.7. The third kappa shape index (κ3) is 3.51. The molecule has 7 nitrogen and oxygen atoms in total. The van der Waals surface area contributed by atoms with Crippen LogP contribution in [0.1, 0.15) is 41.8 Å². The first-order valence-corrected chi connectivity index (χ1v) is 10.1. The molecule has 1 aliphatic heterocycles. The number of ether oxygens (including phenoxy) is 2. The minimum absolute atomic E-state index is 0.0113. The van der Waals surface area contributed by atoms with Crippen molar-refractivity contribution >= 4 is 5.65 Å². The number of fused-ring (bicyclic) bond motifs is 1. The number of para-hydroxylation sites is 1. The third-order valence-corrected chi connectivity index (χ3v) is 5.88. The minimum Gasteiger partial charge on any atom is -0.493 e. The number of H-pyrrole nitrogens is 1. The van der Waals surface area contributed by atoms with Gasteiger partial charge in [-0.15, -0.1) is 0 Å². The van der Waals surface area contributed by atoms with E-state index in [1.165, 1.54) is 0 Å². The van der Waals surface area contributed by atoms with Crippen molar-refractivity contribution in [1.82, 2.24) is 19.5 Å². The van der Waals surface area contributed by atoms with Crippen LogP contribution in [0, 0.1) is 6.92 Å². The van der Waals surface area contributed by atoms with Crippen LogP contribution in [0.3, 0.4) is 0 Å². The van der Waals surface area contributed by atoms with E-state index >= 15 is 0 Å². The van der Waals surface area contributed by atoms with Crippen LogP contribution >= 0.6 is 0 Å². The first-order valence-electron chi connectivity index (χ1n) is 10.1. The van der Waals surface area contributed by atoms with Crippen molar-refractivity contribution in [3.63, 3.8) is 0 Å². The SMILES string of the molecule is CCc1c(C)nc2cc([C@H]3CCN(Cc4cccc(OC)c4OC)C3)[nH]n2c1=O. The summed E-state index contributed by atoms with van der Waals surface area (Å²) in [5.41, 5.74) is 4.49. The number of nitrogens with zero attached hydrogens (tertiary/aromatic N) is 3. The molecular weight excluding hydrogens is 368 g/mol. The van der Waals surface area contributed by atoms with E-state index in [2.05, 4.69) is 21.0 Å². The summed E-state index contributed by atoms with van der Waals surface area (Å²) in [4.78, 5) is 19.7. The summed E-state index contributed by atoms with van der Waals surface area (Å²) in [5, 5.41) is 3.30. The van der Waals surface area contributed by atoms with Gasteiger partial charge in [-0.3, -0.25) is 14.8 Å². The van der Waals surface area contributed by atoms with Crippen LogP contribution in [0.15, 0.2) is 29.1 Å². The Balaban J connectivity index is 1.55. The van der Waals surface area contributed by atoms with Crippen LogP contribution in [-0.4, -0.2) is 46.8 Å². The zero-order chi connectivity index (χ0) is 20.5. The maximum Gasteiger partial charge on any atom is 0.276 e. The summed E-state index contributed by atoms with van der Waals surface area (Å²) < 4.78 is 12.6. The van der Waals surface area contributed by atoms with Crippen molar-refractivity contribution < 1.29 is 9.47 Å². The highest BCUT2D eigenvalue weighted by molar-refractivity contribution is 5.47. The number of methoxy groups -OCH3 is 2. The van der Waals surface area contributed by atoms with Crippen LogP contribution in [0.4, 0.5) is 0 Å². The second kappa shape index (κ2) is 7.91. The van der Waals surface area contributed by atoms with Crippen LogP contribution < -0.4 is 15.0 Å². The zero-order valence-electron chi connectivity index (χ0n) is 17.5. The molecule has 1 N–H and O–H groups in total. The molecule has 2 aromatic heterocycles. The average molecular weight is 396 g/mol. The Labute approximate surface area is 170 Å².